The van der Waals surface area contributed by atoms with E-state index in [0.717, 1.165) is 30.4 Å². The molecule has 1 heterocycles. The monoisotopic (exact) mass is 434 g/mol. The van der Waals surface area contributed by atoms with Crippen LogP contribution in [-0.2, 0) is 0 Å². The molecular formula is C24H26N4O4. The fraction of sp³-hybridized carbons (Fsp3) is 0.250. The molecule has 1 amide bonds. The van der Waals surface area contributed by atoms with Gasteiger partial charge in [-0.1, -0.05) is 50.1 Å². The van der Waals surface area contributed by atoms with Gasteiger partial charge in [-0.15, -0.1) is 0 Å². The minimum atomic E-state index is -0.611. The predicted octanol–water partition coefficient (Wildman–Crippen LogP) is 3.78. The summed E-state index contributed by atoms with van der Waals surface area (Å²) in [5.41, 5.74) is 3.73. The molecule has 0 fully saturated rings. The number of nitrogens with one attached hydrogen (secondary N) is 2. The number of unbranched alkanes of at least 4 members (excludes halogenated alkanes) is 2. The number of amides is 1. The lowest BCUT2D eigenvalue weighted by Crippen LogP contribution is -2.24. The van der Waals surface area contributed by atoms with Crippen molar-refractivity contribution in [2.45, 2.75) is 26.2 Å². The van der Waals surface area contributed by atoms with Gasteiger partial charge in [0.2, 0.25) is 0 Å². The molecule has 166 valence electrons. The molecule has 0 unspecified atom stereocenters. The third-order valence-electron chi connectivity index (χ3n) is 4.63. The quantitative estimate of drug-likeness (QED) is 0.287. The molecule has 1 aromatic heterocycles. The van der Waals surface area contributed by atoms with Gasteiger partial charge in [-0.25, -0.2) is 10.2 Å². The van der Waals surface area contributed by atoms with E-state index in [0.29, 0.717) is 23.8 Å². The van der Waals surface area contributed by atoms with Gasteiger partial charge in [-0.05, 0) is 36.2 Å². The van der Waals surface area contributed by atoms with E-state index in [1.165, 1.54) is 12.3 Å². The SMILES string of the molecule is CCCCCOc1ccc(/C=N/NC(=O)c2cc(-c3ccccc3)nc(=O)[nH]2)cc1OC. The van der Waals surface area contributed by atoms with Crippen LogP contribution in [0.4, 0.5) is 0 Å². The molecule has 0 atom stereocenters. The van der Waals surface area contributed by atoms with Crippen molar-refractivity contribution in [1.82, 2.24) is 15.4 Å². The summed E-state index contributed by atoms with van der Waals surface area (Å²) in [6.45, 7) is 2.77. The van der Waals surface area contributed by atoms with Gasteiger partial charge in [0.1, 0.15) is 5.69 Å². The second-order valence-corrected chi connectivity index (χ2v) is 7.02. The summed E-state index contributed by atoms with van der Waals surface area (Å²) in [4.78, 5) is 30.7. The number of hydrogen-bond acceptors (Lipinski definition) is 6. The van der Waals surface area contributed by atoms with Crippen LogP contribution in [0.15, 0.2) is 64.5 Å². The van der Waals surface area contributed by atoms with Gasteiger partial charge in [0.15, 0.2) is 11.5 Å². The highest BCUT2D eigenvalue weighted by Crippen LogP contribution is 2.27. The number of benzene rings is 2. The zero-order chi connectivity index (χ0) is 22.8. The Kier molecular flexibility index (Phi) is 8.14. The highest BCUT2D eigenvalue weighted by Gasteiger charge is 2.10. The van der Waals surface area contributed by atoms with E-state index in [9.17, 15) is 9.59 Å². The largest absolute Gasteiger partial charge is 0.493 e. The van der Waals surface area contributed by atoms with Gasteiger partial charge in [0.25, 0.3) is 5.91 Å². The molecule has 0 aliphatic rings. The highest BCUT2D eigenvalue weighted by atomic mass is 16.5. The topological polar surface area (TPSA) is 106 Å². The molecule has 0 saturated carbocycles. The van der Waals surface area contributed by atoms with Crippen LogP contribution in [0.5, 0.6) is 11.5 Å². The molecule has 0 radical (unpaired) electrons. The van der Waals surface area contributed by atoms with Crippen LogP contribution in [0.25, 0.3) is 11.3 Å². The Morgan fingerprint density at radius 1 is 1.12 bits per heavy atom. The molecule has 32 heavy (non-hydrogen) atoms. The van der Waals surface area contributed by atoms with E-state index in [4.69, 9.17) is 9.47 Å². The number of ether oxygens (including phenoxy) is 2. The summed E-state index contributed by atoms with van der Waals surface area (Å²) >= 11 is 0. The van der Waals surface area contributed by atoms with Crippen molar-refractivity contribution >= 4 is 12.1 Å². The van der Waals surface area contributed by atoms with Crippen LogP contribution < -0.4 is 20.6 Å². The average molecular weight is 434 g/mol. The predicted molar refractivity (Wildman–Crippen MR) is 123 cm³/mol. The molecule has 0 spiro atoms. The molecule has 3 rings (SSSR count). The number of hydrazone groups is 1. The van der Waals surface area contributed by atoms with E-state index < -0.39 is 11.6 Å². The second kappa shape index (κ2) is 11.5. The highest BCUT2D eigenvalue weighted by molar-refractivity contribution is 5.94. The summed E-state index contributed by atoms with van der Waals surface area (Å²) in [6.07, 6.45) is 4.71. The van der Waals surface area contributed by atoms with Crippen LogP contribution in [0.3, 0.4) is 0 Å². The first-order valence-electron chi connectivity index (χ1n) is 10.4. The van der Waals surface area contributed by atoms with Crippen molar-refractivity contribution in [2.75, 3.05) is 13.7 Å². The van der Waals surface area contributed by atoms with Crippen LogP contribution in [0.2, 0.25) is 0 Å². The minimum absolute atomic E-state index is 0.0643. The maximum absolute atomic E-state index is 12.5. The molecule has 0 bridgehead atoms. The van der Waals surface area contributed by atoms with Crippen LogP contribution in [-0.4, -0.2) is 35.8 Å². The summed E-state index contributed by atoms with van der Waals surface area (Å²) in [5.74, 6) is 0.691. The molecule has 0 aliphatic heterocycles. The Labute approximate surface area is 186 Å². The molecular weight excluding hydrogens is 408 g/mol. The number of aromatic amines is 1. The molecule has 8 heteroatoms. The van der Waals surface area contributed by atoms with Crippen molar-refractivity contribution in [3.05, 3.63) is 76.3 Å². The van der Waals surface area contributed by atoms with Crippen LogP contribution in [0.1, 0.15) is 42.2 Å². The summed E-state index contributed by atoms with van der Waals surface area (Å²) in [7, 11) is 1.57. The Morgan fingerprint density at radius 3 is 2.69 bits per heavy atom. The van der Waals surface area contributed by atoms with Crippen LogP contribution >= 0.6 is 0 Å². The number of carbonyl (C=O) groups is 1. The van der Waals surface area contributed by atoms with Crippen molar-refractivity contribution < 1.29 is 14.3 Å². The number of methoxy groups -OCH3 is 1. The first kappa shape index (κ1) is 22.7. The third-order valence-corrected chi connectivity index (χ3v) is 4.63. The zero-order valence-corrected chi connectivity index (χ0v) is 18.1. The number of hydrogen-bond donors (Lipinski definition) is 2. The molecule has 0 saturated heterocycles. The molecule has 2 aromatic carbocycles. The van der Waals surface area contributed by atoms with Crippen molar-refractivity contribution in [1.29, 1.82) is 0 Å². The maximum atomic E-state index is 12.5. The Bertz CT molecular complexity index is 1130. The number of rotatable bonds is 10. The van der Waals surface area contributed by atoms with Gasteiger partial charge in [0.05, 0.1) is 25.6 Å². The lowest BCUT2D eigenvalue weighted by molar-refractivity contribution is 0.0949. The first-order chi connectivity index (χ1) is 15.6. The van der Waals surface area contributed by atoms with E-state index >= 15 is 0 Å². The zero-order valence-electron chi connectivity index (χ0n) is 18.1. The van der Waals surface area contributed by atoms with Crippen molar-refractivity contribution in [3.63, 3.8) is 0 Å². The number of aromatic nitrogens is 2. The van der Waals surface area contributed by atoms with Gasteiger partial charge in [0, 0.05) is 5.56 Å². The van der Waals surface area contributed by atoms with E-state index in [1.54, 1.807) is 19.2 Å². The second-order valence-electron chi connectivity index (χ2n) is 7.02. The number of H-pyrrole nitrogens is 1. The van der Waals surface area contributed by atoms with Crippen LogP contribution in [0, 0.1) is 0 Å². The molecule has 8 nitrogen and oxygen atoms in total. The summed E-state index contributed by atoms with van der Waals surface area (Å²) in [5, 5.41) is 3.98. The van der Waals surface area contributed by atoms with Gasteiger partial charge in [-0.3, -0.25) is 4.79 Å². The van der Waals surface area contributed by atoms with E-state index in [-0.39, 0.29) is 5.69 Å². The molecule has 2 N–H and O–H groups in total. The van der Waals surface area contributed by atoms with Gasteiger partial charge in [-0.2, -0.15) is 10.1 Å². The lowest BCUT2D eigenvalue weighted by atomic mass is 10.1. The fourth-order valence-corrected chi connectivity index (χ4v) is 2.98. The standard InChI is InChI=1S/C24H26N4O4/c1-3-4-8-13-32-21-12-11-17(14-22(21)31-2)16-25-28-23(29)20-15-19(26-24(30)27-20)18-9-6-5-7-10-18/h5-7,9-12,14-16H,3-4,8,13H2,1-2H3,(H,28,29)(H,26,27,30)/b25-16+. The van der Waals surface area contributed by atoms with Gasteiger partial charge >= 0.3 is 5.69 Å². The maximum Gasteiger partial charge on any atom is 0.346 e. The molecule has 0 aliphatic carbocycles. The normalized spacial score (nSPS) is 10.8. The van der Waals surface area contributed by atoms with E-state index in [2.05, 4.69) is 27.4 Å². The molecule has 3 aromatic rings. The fourth-order valence-electron chi connectivity index (χ4n) is 2.98. The average Bonchev–Trinajstić information content (AvgIpc) is 2.82. The van der Waals surface area contributed by atoms with Crippen molar-refractivity contribution in [2.24, 2.45) is 5.10 Å². The number of carbonyl (C=O) groups excluding carboxylic acids is 1. The smallest absolute Gasteiger partial charge is 0.346 e. The first-order valence-corrected chi connectivity index (χ1v) is 10.4. The summed E-state index contributed by atoms with van der Waals surface area (Å²) in [6, 6.07) is 16.0. The van der Waals surface area contributed by atoms with E-state index in [1.807, 2.05) is 36.4 Å². The third kappa shape index (κ3) is 6.28. The van der Waals surface area contributed by atoms with Gasteiger partial charge < -0.3 is 14.5 Å². The Morgan fingerprint density at radius 2 is 1.94 bits per heavy atom. The van der Waals surface area contributed by atoms with Crippen molar-refractivity contribution in [3.8, 4) is 22.8 Å². The minimum Gasteiger partial charge on any atom is -0.493 e. The number of nitrogens with zero attached hydrogens (tertiary/aromatic N) is 2. The lowest BCUT2D eigenvalue weighted by Gasteiger charge is -2.11. The summed E-state index contributed by atoms with van der Waals surface area (Å²) < 4.78 is 11.2. The Hall–Kier alpha value is -3.94. The Balaban J connectivity index is 1.66.